The zero-order valence-electron chi connectivity index (χ0n) is 13.6. The molecular weight excluding hydrogens is 401 g/mol. The minimum absolute atomic E-state index is 0. The number of rotatable bonds is 8. The third-order valence-corrected chi connectivity index (χ3v) is 3.42. The fourth-order valence-electron chi connectivity index (χ4n) is 2.25. The second-order valence-corrected chi connectivity index (χ2v) is 5.14. The van der Waals surface area contributed by atoms with Gasteiger partial charge in [0.2, 0.25) is 0 Å². The Morgan fingerprint density at radius 3 is 2.48 bits per heavy atom. The molecule has 0 fully saturated rings. The molecule has 2 rings (SSSR count). The molecule has 0 aliphatic heterocycles. The Morgan fingerprint density at radius 2 is 1.83 bits per heavy atom. The molecule has 0 radical (unpaired) electrons. The molecule has 1 aromatic heterocycles. The molecule has 23 heavy (non-hydrogen) atoms. The van der Waals surface area contributed by atoms with Crippen molar-refractivity contribution in [3.8, 4) is 0 Å². The van der Waals surface area contributed by atoms with Crippen LogP contribution in [-0.2, 0) is 13.0 Å². The van der Waals surface area contributed by atoms with Gasteiger partial charge in [0.1, 0.15) is 0 Å². The summed E-state index contributed by atoms with van der Waals surface area (Å²) in [6, 6.07) is 12.5. The van der Waals surface area contributed by atoms with Gasteiger partial charge in [-0.1, -0.05) is 30.3 Å². The van der Waals surface area contributed by atoms with E-state index in [1.807, 2.05) is 16.9 Å². The van der Waals surface area contributed by atoms with E-state index in [4.69, 9.17) is 0 Å². The highest BCUT2D eigenvalue weighted by Gasteiger charge is 1.98. The van der Waals surface area contributed by atoms with Crippen LogP contribution in [0.5, 0.6) is 0 Å². The van der Waals surface area contributed by atoms with Crippen LogP contribution in [0, 0.1) is 0 Å². The maximum atomic E-state index is 4.24. The summed E-state index contributed by atoms with van der Waals surface area (Å²) in [6.45, 7) is 2.73. The minimum Gasteiger partial charge on any atom is -0.356 e. The Balaban J connectivity index is 0.00000264. The van der Waals surface area contributed by atoms with E-state index in [2.05, 4.69) is 51.1 Å². The van der Waals surface area contributed by atoms with Gasteiger partial charge in [0, 0.05) is 39.1 Å². The van der Waals surface area contributed by atoms with E-state index in [0.717, 1.165) is 44.9 Å². The third kappa shape index (κ3) is 8.01. The van der Waals surface area contributed by atoms with Crippen LogP contribution in [-0.4, -0.2) is 35.9 Å². The van der Waals surface area contributed by atoms with Crippen LogP contribution in [0.4, 0.5) is 0 Å². The number of halogens is 1. The highest BCUT2D eigenvalue weighted by atomic mass is 127. The van der Waals surface area contributed by atoms with Gasteiger partial charge in [-0.2, -0.15) is 5.10 Å². The molecule has 1 heterocycles. The number of nitrogens with zero attached hydrogens (tertiary/aromatic N) is 3. The number of hydrogen-bond acceptors (Lipinski definition) is 2. The van der Waals surface area contributed by atoms with Crippen molar-refractivity contribution in [2.75, 3.05) is 20.1 Å². The van der Waals surface area contributed by atoms with Gasteiger partial charge in [-0.25, -0.2) is 0 Å². The normalized spacial score (nSPS) is 10.9. The van der Waals surface area contributed by atoms with Crippen molar-refractivity contribution in [1.29, 1.82) is 0 Å². The number of aliphatic imine (C=N–C) groups is 1. The van der Waals surface area contributed by atoms with Crippen molar-refractivity contribution >= 4 is 29.9 Å². The van der Waals surface area contributed by atoms with Crippen molar-refractivity contribution in [3.05, 3.63) is 54.4 Å². The molecule has 0 aliphatic rings. The lowest BCUT2D eigenvalue weighted by atomic mass is 10.1. The van der Waals surface area contributed by atoms with Crippen LogP contribution < -0.4 is 10.6 Å². The highest BCUT2D eigenvalue weighted by molar-refractivity contribution is 14.0. The Labute approximate surface area is 155 Å². The third-order valence-electron chi connectivity index (χ3n) is 3.42. The van der Waals surface area contributed by atoms with E-state index in [9.17, 15) is 0 Å². The van der Waals surface area contributed by atoms with Crippen LogP contribution in [0.2, 0.25) is 0 Å². The zero-order chi connectivity index (χ0) is 15.5. The lowest BCUT2D eigenvalue weighted by Gasteiger charge is -2.11. The molecule has 0 atom stereocenters. The standard InChI is InChI=1S/C17H25N5.HI/c1-18-17(20-12-6-14-22-15-7-13-21-22)19-11-5-10-16-8-3-2-4-9-16;/h2-4,7-9,13,15H,5-6,10-12,14H2,1H3,(H2,18,19,20);1H. The van der Waals surface area contributed by atoms with Gasteiger partial charge in [0.25, 0.3) is 0 Å². The van der Waals surface area contributed by atoms with Crippen molar-refractivity contribution in [3.63, 3.8) is 0 Å². The molecule has 0 amide bonds. The summed E-state index contributed by atoms with van der Waals surface area (Å²) in [6.07, 6.45) is 6.99. The predicted octanol–water partition coefficient (Wildman–Crippen LogP) is 2.69. The Bertz CT molecular complexity index is 539. The number of nitrogens with one attached hydrogen (secondary N) is 2. The van der Waals surface area contributed by atoms with Crippen LogP contribution >= 0.6 is 24.0 Å². The van der Waals surface area contributed by atoms with E-state index >= 15 is 0 Å². The molecule has 0 saturated carbocycles. The first kappa shape index (κ1) is 19.5. The quantitative estimate of drug-likeness (QED) is 0.295. The van der Waals surface area contributed by atoms with Gasteiger partial charge in [-0.05, 0) is 30.9 Å². The van der Waals surface area contributed by atoms with Crippen molar-refractivity contribution in [2.45, 2.75) is 25.8 Å². The lowest BCUT2D eigenvalue weighted by molar-refractivity contribution is 0.570. The molecule has 2 N–H and O–H groups in total. The first-order valence-electron chi connectivity index (χ1n) is 7.84. The average Bonchev–Trinajstić information content (AvgIpc) is 3.08. The fraction of sp³-hybridized carbons (Fsp3) is 0.412. The van der Waals surface area contributed by atoms with E-state index in [-0.39, 0.29) is 24.0 Å². The molecule has 126 valence electrons. The average molecular weight is 427 g/mol. The zero-order valence-corrected chi connectivity index (χ0v) is 15.9. The molecular formula is C17H26IN5. The highest BCUT2D eigenvalue weighted by Crippen LogP contribution is 2.01. The van der Waals surface area contributed by atoms with Gasteiger partial charge in [0.05, 0.1) is 0 Å². The molecule has 2 aromatic rings. The Hall–Kier alpha value is -1.57. The summed E-state index contributed by atoms with van der Waals surface area (Å²) in [5, 5.41) is 10.9. The number of aryl methyl sites for hydroxylation is 2. The first-order valence-corrected chi connectivity index (χ1v) is 7.84. The maximum Gasteiger partial charge on any atom is 0.190 e. The number of guanidine groups is 1. The largest absolute Gasteiger partial charge is 0.356 e. The molecule has 0 bridgehead atoms. The molecule has 0 aliphatic carbocycles. The van der Waals surface area contributed by atoms with E-state index < -0.39 is 0 Å². The van der Waals surface area contributed by atoms with E-state index in [1.165, 1.54) is 5.56 Å². The van der Waals surface area contributed by atoms with Crippen LogP contribution in [0.15, 0.2) is 53.8 Å². The molecule has 5 nitrogen and oxygen atoms in total. The summed E-state index contributed by atoms with van der Waals surface area (Å²) in [5.41, 5.74) is 1.38. The van der Waals surface area contributed by atoms with Gasteiger partial charge in [-0.15, -0.1) is 24.0 Å². The SMILES string of the molecule is CN=C(NCCCc1ccccc1)NCCCn1cccn1.I. The predicted molar refractivity (Wildman–Crippen MR) is 106 cm³/mol. The lowest BCUT2D eigenvalue weighted by Crippen LogP contribution is -2.38. The Kier molecular flexibility index (Phi) is 10.1. The van der Waals surface area contributed by atoms with Crippen LogP contribution in [0.25, 0.3) is 0 Å². The number of aromatic nitrogens is 2. The van der Waals surface area contributed by atoms with E-state index in [0.29, 0.717) is 0 Å². The molecule has 0 unspecified atom stereocenters. The number of hydrogen-bond donors (Lipinski definition) is 2. The fourth-order valence-corrected chi connectivity index (χ4v) is 2.25. The van der Waals surface area contributed by atoms with Gasteiger partial charge in [-0.3, -0.25) is 9.67 Å². The van der Waals surface area contributed by atoms with Crippen LogP contribution in [0.3, 0.4) is 0 Å². The molecule has 1 aromatic carbocycles. The minimum atomic E-state index is 0. The van der Waals surface area contributed by atoms with Gasteiger partial charge >= 0.3 is 0 Å². The molecule has 0 saturated heterocycles. The first-order chi connectivity index (χ1) is 10.9. The smallest absolute Gasteiger partial charge is 0.190 e. The summed E-state index contributed by atoms with van der Waals surface area (Å²) >= 11 is 0. The van der Waals surface area contributed by atoms with Crippen LogP contribution in [0.1, 0.15) is 18.4 Å². The van der Waals surface area contributed by atoms with Crippen molar-refractivity contribution in [2.24, 2.45) is 4.99 Å². The summed E-state index contributed by atoms with van der Waals surface area (Å²) < 4.78 is 1.94. The molecule has 0 spiro atoms. The monoisotopic (exact) mass is 427 g/mol. The van der Waals surface area contributed by atoms with Crippen molar-refractivity contribution < 1.29 is 0 Å². The second-order valence-electron chi connectivity index (χ2n) is 5.14. The van der Waals surface area contributed by atoms with Gasteiger partial charge < -0.3 is 10.6 Å². The Morgan fingerprint density at radius 1 is 1.09 bits per heavy atom. The number of benzene rings is 1. The second kappa shape index (κ2) is 11.9. The van der Waals surface area contributed by atoms with Crippen molar-refractivity contribution in [1.82, 2.24) is 20.4 Å². The van der Waals surface area contributed by atoms with E-state index in [1.54, 1.807) is 13.2 Å². The van der Waals surface area contributed by atoms with Gasteiger partial charge in [0.15, 0.2) is 5.96 Å². The summed E-state index contributed by atoms with van der Waals surface area (Å²) in [5.74, 6) is 0.869. The maximum absolute atomic E-state index is 4.24. The summed E-state index contributed by atoms with van der Waals surface area (Å²) in [7, 11) is 1.81. The topological polar surface area (TPSA) is 54.2 Å². The molecule has 6 heteroatoms. The summed E-state index contributed by atoms with van der Waals surface area (Å²) in [4.78, 5) is 4.24.